The minimum atomic E-state index is -4.62. The molecule has 1 aromatic carbocycles. The molecule has 146 valence electrons. The van der Waals surface area contributed by atoms with Gasteiger partial charge in [0.15, 0.2) is 5.82 Å². The quantitative estimate of drug-likeness (QED) is 0.617. The highest BCUT2D eigenvalue weighted by molar-refractivity contribution is 9.10. The molecule has 0 bridgehead atoms. The number of rotatable bonds is 4. The molecule has 0 aliphatic rings. The van der Waals surface area contributed by atoms with Crippen LogP contribution in [0.15, 0.2) is 41.4 Å². The third-order valence-electron chi connectivity index (χ3n) is 3.55. The maximum absolute atomic E-state index is 12.9. The lowest BCUT2D eigenvalue weighted by molar-refractivity contribution is -0.137. The number of hydrogen-bond donors (Lipinski definition) is 1. The van der Waals surface area contributed by atoms with Crippen molar-refractivity contribution in [1.29, 1.82) is 0 Å². The molecule has 1 atom stereocenters. The number of nitrogens with one attached hydrogen (secondary N) is 1. The topological polar surface area (TPSA) is 85.6 Å². The fourth-order valence-electron chi connectivity index (χ4n) is 2.25. The van der Waals surface area contributed by atoms with Crippen LogP contribution < -0.4 is 5.32 Å². The van der Waals surface area contributed by atoms with Crippen LogP contribution in [0.25, 0.3) is 5.95 Å². The highest BCUT2D eigenvalue weighted by Crippen LogP contribution is 2.32. The van der Waals surface area contributed by atoms with Gasteiger partial charge in [0.25, 0.3) is 11.9 Å². The Labute approximate surface area is 170 Å². The molecule has 3 aromatic rings. The van der Waals surface area contributed by atoms with Crippen molar-refractivity contribution in [1.82, 2.24) is 30.0 Å². The number of carbonyl (C=O) groups is 1. The average Bonchev–Trinajstić information content (AvgIpc) is 3.03. The molecule has 0 saturated carbocycles. The first-order valence-corrected chi connectivity index (χ1v) is 8.91. The molecule has 1 unspecified atom stereocenters. The Hall–Kier alpha value is -2.53. The van der Waals surface area contributed by atoms with Crippen LogP contribution in [-0.4, -0.2) is 30.6 Å². The molecule has 2 aromatic heterocycles. The number of hydrogen-bond acceptors (Lipinski definition) is 5. The molecule has 0 fully saturated rings. The Balaban J connectivity index is 1.81. The Morgan fingerprint density at radius 2 is 1.93 bits per heavy atom. The summed E-state index contributed by atoms with van der Waals surface area (Å²) < 4.78 is 40.4. The molecular weight excluding hydrogens is 465 g/mol. The minimum Gasteiger partial charge on any atom is -0.342 e. The van der Waals surface area contributed by atoms with E-state index in [-0.39, 0.29) is 22.4 Å². The molecule has 0 saturated heterocycles. The molecule has 1 amide bonds. The molecule has 0 aliphatic heterocycles. The SMILES string of the molecule is CC(NC(=O)c1cc(Cl)cc(C(F)(F)F)c1)c1nc(Br)n(-c2ncccn2)n1. The lowest BCUT2D eigenvalue weighted by atomic mass is 10.1. The fourth-order valence-corrected chi connectivity index (χ4v) is 2.90. The van der Waals surface area contributed by atoms with Crippen LogP contribution in [0, 0.1) is 0 Å². The van der Waals surface area contributed by atoms with E-state index in [1.807, 2.05) is 0 Å². The van der Waals surface area contributed by atoms with Crippen LogP contribution >= 0.6 is 27.5 Å². The van der Waals surface area contributed by atoms with E-state index in [1.165, 1.54) is 17.1 Å². The van der Waals surface area contributed by atoms with Gasteiger partial charge in [-0.05, 0) is 47.1 Å². The Kier molecular flexibility index (Phi) is 5.66. The molecule has 28 heavy (non-hydrogen) atoms. The summed E-state index contributed by atoms with van der Waals surface area (Å²) in [5.74, 6) is -0.272. The van der Waals surface area contributed by atoms with E-state index in [4.69, 9.17) is 11.6 Å². The summed E-state index contributed by atoms with van der Waals surface area (Å²) in [5, 5.41) is 6.56. The zero-order valence-electron chi connectivity index (χ0n) is 14.1. The monoisotopic (exact) mass is 474 g/mol. The van der Waals surface area contributed by atoms with Crippen molar-refractivity contribution in [3.05, 3.63) is 63.4 Å². The largest absolute Gasteiger partial charge is 0.416 e. The van der Waals surface area contributed by atoms with Gasteiger partial charge in [-0.25, -0.2) is 15.0 Å². The van der Waals surface area contributed by atoms with Crippen LogP contribution in [0.4, 0.5) is 13.2 Å². The van der Waals surface area contributed by atoms with E-state index in [9.17, 15) is 18.0 Å². The maximum atomic E-state index is 12.9. The summed E-state index contributed by atoms with van der Waals surface area (Å²) in [4.78, 5) is 24.6. The van der Waals surface area contributed by atoms with Gasteiger partial charge >= 0.3 is 6.18 Å². The second-order valence-corrected chi connectivity index (χ2v) is 6.77. The van der Waals surface area contributed by atoms with E-state index < -0.39 is 23.7 Å². The first-order chi connectivity index (χ1) is 13.1. The van der Waals surface area contributed by atoms with Gasteiger partial charge in [-0.15, -0.1) is 5.10 Å². The maximum Gasteiger partial charge on any atom is 0.416 e. The highest BCUT2D eigenvalue weighted by atomic mass is 79.9. The molecule has 3 rings (SSSR count). The summed E-state index contributed by atoms with van der Waals surface area (Å²) in [6.45, 7) is 1.59. The Morgan fingerprint density at radius 1 is 1.25 bits per heavy atom. The number of nitrogens with zero attached hydrogens (tertiary/aromatic N) is 5. The smallest absolute Gasteiger partial charge is 0.342 e. The summed E-state index contributed by atoms with van der Waals surface area (Å²) in [7, 11) is 0. The van der Waals surface area contributed by atoms with Crippen molar-refractivity contribution < 1.29 is 18.0 Å². The van der Waals surface area contributed by atoms with Gasteiger partial charge in [0.05, 0.1) is 11.6 Å². The summed E-state index contributed by atoms with van der Waals surface area (Å²) in [5.41, 5.74) is -1.24. The molecule has 0 spiro atoms. The van der Waals surface area contributed by atoms with Crippen LogP contribution in [0.1, 0.15) is 34.7 Å². The van der Waals surface area contributed by atoms with E-state index in [0.717, 1.165) is 18.2 Å². The second kappa shape index (κ2) is 7.84. The molecule has 0 radical (unpaired) electrons. The van der Waals surface area contributed by atoms with E-state index in [2.05, 4.69) is 41.3 Å². The highest BCUT2D eigenvalue weighted by Gasteiger charge is 2.32. The number of aromatic nitrogens is 5. The summed E-state index contributed by atoms with van der Waals surface area (Å²) in [6, 6.07) is 3.56. The van der Waals surface area contributed by atoms with E-state index in [1.54, 1.807) is 13.0 Å². The van der Waals surface area contributed by atoms with Crippen molar-refractivity contribution in [2.24, 2.45) is 0 Å². The van der Waals surface area contributed by atoms with Crippen LogP contribution in [0.2, 0.25) is 5.02 Å². The normalized spacial score (nSPS) is 12.6. The number of alkyl halides is 3. The van der Waals surface area contributed by atoms with Gasteiger partial charge in [-0.1, -0.05) is 11.6 Å². The van der Waals surface area contributed by atoms with Gasteiger partial charge in [0, 0.05) is 23.0 Å². The third-order valence-corrected chi connectivity index (χ3v) is 4.28. The zero-order chi connectivity index (χ0) is 20.5. The van der Waals surface area contributed by atoms with Gasteiger partial charge in [-0.3, -0.25) is 4.79 Å². The molecule has 7 nitrogen and oxygen atoms in total. The molecule has 12 heteroatoms. The molecule has 0 aliphatic carbocycles. The van der Waals surface area contributed by atoms with Gasteiger partial charge < -0.3 is 5.32 Å². The Morgan fingerprint density at radius 3 is 2.57 bits per heavy atom. The van der Waals surface area contributed by atoms with E-state index in [0.29, 0.717) is 4.73 Å². The van der Waals surface area contributed by atoms with Crippen molar-refractivity contribution in [3.8, 4) is 5.95 Å². The van der Waals surface area contributed by atoms with Gasteiger partial charge in [0.2, 0.25) is 4.73 Å². The molecule has 2 heterocycles. The molecule has 1 N–H and O–H groups in total. The fraction of sp³-hybridized carbons (Fsp3) is 0.188. The molecular formula is C16H11BrClF3N6O. The summed E-state index contributed by atoms with van der Waals surface area (Å²) in [6.07, 6.45) is -1.57. The van der Waals surface area contributed by atoms with Crippen LogP contribution in [-0.2, 0) is 6.18 Å². The standard InChI is InChI=1S/C16H11BrClF3N6O/c1-8(12-25-14(17)27(26-12)15-22-3-2-4-23-15)24-13(28)9-5-10(16(19,20)21)7-11(18)6-9/h2-8H,1H3,(H,24,28). The second-order valence-electron chi connectivity index (χ2n) is 5.62. The lowest BCUT2D eigenvalue weighted by Gasteiger charge is -2.13. The zero-order valence-corrected chi connectivity index (χ0v) is 16.4. The predicted octanol–water partition coefficient (Wildman–Crippen LogP) is 3.98. The van der Waals surface area contributed by atoms with Crippen LogP contribution in [0.3, 0.4) is 0 Å². The predicted molar refractivity (Wildman–Crippen MR) is 97.0 cm³/mol. The van der Waals surface area contributed by atoms with Crippen molar-refractivity contribution in [2.75, 3.05) is 0 Å². The van der Waals surface area contributed by atoms with Crippen LogP contribution in [0.5, 0.6) is 0 Å². The summed E-state index contributed by atoms with van der Waals surface area (Å²) >= 11 is 8.95. The van der Waals surface area contributed by atoms with Crippen molar-refractivity contribution in [3.63, 3.8) is 0 Å². The van der Waals surface area contributed by atoms with E-state index >= 15 is 0 Å². The number of halogens is 5. The number of benzene rings is 1. The van der Waals surface area contributed by atoms with Gasteiger partial charge in [0.1, 0.15) is 0 Å². The van der Waals surface area contributed by atoms with Gasteiger partial charge in [-0.2, -0.15) is 17.9 Å². The minimum absolute atomic E-state index is 0.195. The van der Waals surface area contributed by atoms with Crippen molar-refractivity contribution >= 4 is 33.4 Å². The number of carbonyl (C=O) groups excluding carboxylic acids is 1. The first-order valence-electron chi connectivity index (χ1n) is 7.73. The lowest BCUT2D eigenvalue weighted by Crippen LogP contribution is -2.28. The van der Waals surface area contributed by atoms with Crippen molar-refractivity contribution in [2.45, 2.75) is 19.1 Å². The average molecular weight is 476 g/mol. The first kappa shape index (κ1) is 20.2. The third kappa shape index (κ3) is 4.47. The Bertz CT molecular complexity index is 1010. The number of amides is 1.